The van der Waals surface area contributed by atoms with Gasteiger partial charge in [0.15, 0.2) is 0 Å². The summed E-state index contributed by atoms with van der Waals surface area (Å²) in [6.45, 7) is 15.3. The average molecular weight is 354 g/mol. The van der Waals surface area contributed by atoms with E-state index >= 15 is 0 Å². The fourth-order valence-corrected chi connectivity index (χ4v) is 3.24. The van der Waals surface area contributed by atoms with Crippen LogP contribution in [0.25, 0.3) is 0 Å². The minimum atomic E-state index is 0.553. The quantitative estimate of drug-likeness (QED) is 0.632. The topological polar surface area (TPSA) is 9.72 Å². The maximum Gasteiger partial charge on any atom is 0.0156 e. The van der Waals surface area contributed by atoms with Crippen molar-refractivity contribution in [1.29, 1.82) is 0 Å². The number of nitrogens with zero attached hydrogens (tertiary/aromatic N) is 3. The van der Waals surface area contributed by atoms with Crippen molar-refractivity contribution in [1.82, 2.24) is 14.7 Å². The van der Waals surface area contributed by atoms with Crippen molar-refractivity contribution in [3.05, 3.63) is 0 Å². The molecule has 0 amide bonds. The second-order valence-electron chi connectivity index (χ2n) is 5.20. The summed E-state index contributed by atoms with van der Waals surface area (Å²) in [4.78, 5) is 7.62. The molecule has 0 aromatic carbocycles. The first kappa shape index (κ1) is 21.9. The highest BCUT2D eigenvalue weighted by atomic mass is 32.1. The molecule has 1 atom stereocenters. The van der Waals surface area contributed by atoms with Gasteiger partial charge >= 0.3 is 0 Å². The minimum Gasteiger partial charge on any atom is -0.300 e. The lowest BCUT2D eigenvalue weighted by molar-refractivity contribution is 0.189. The highest BCUT2D eigenvalue weighted by Gasteiger charge is 2.18. The lowest BCUT2D eigenvalue weighted by Gasteiger charge is -2.30. The summed E-state index contributed by atoms with van der Waals surface area (Å²) < 4.78 is 0. The summed E-state index contributed by atoms with van der Waals surface area (Å²) in [5.41, 5.74) is 0. The molecule has 21 heavy (non-hydrogen) atoms. The molecule has 1 aliphatic heterocycles. The van der Waals surface area contributed by atoms with E-state index in [-0.39, 0.29) is 0 Å². The van der Waals surface area contributed by atoms with Gasteiger partial charge in [-0.05, 0) is 6.92 Å². The Labute approximate surface area is 149 Å². The van der Waals surface area contributed by atoms with Crippen LogP contribution >= 0.6 is 37.9 Å². The molecule has 6 heteroatoms. The van der Waals surface area contributed by atoms with Gasteiger partial charge in [0.25, 0.3) is 0 Å². The van der Waals surface area contributed by atoms with E-state index in [4.69, 9.17) is 0 Å². The molecule has 1 heterocycles. The lowest BCUT2D eigenvalue weighted by Crippen LogP contribution is -2.42. The van der Waals surface area contributed by atoms with Crippen LogP contribution in [0, 0.1) is 0 Å². The van der Waals surface area contributed by atoms with E-state index in [1.165, 1.54) is 0 Å². The van der Waals surface area contributed by atoms with E-state index in [0.717, 1.165) is 69.6 Å². The van der Waals surface area contributed by atoms with Crippen LogP contribution in [0.3, 0.4) is 0 Å². The van der Waals surface area contributed by atoms with Gasteiger partial charge in [0.2, 0.25) is 0 Å². The van der Waals surface area contributed by atoms with Gasteiger partial charge in [-0.2, -0.15) is 37.9 Å². The molecule has 1 unspecified atom stereocenters. The van der Waals surface area contributed by atoms with E-state index in [1.54, 1.807) is 0 Å². The maximum absolute atomic E-state index is 4.45. The molecule has 1 rings (SSSR count). The Morgan fingerprint density at radius 1 is 0.762 bits per heavy atom. The molecule has 0 aromatic rings. The average Bonchev–Trinajstić information content (AvgIpc) is 2.61. The summed E-state index contributed by atoms with van der Waals surface area (Å²) in [6, 6.07) is 0.553. The van der Waals surface area contributed by atoms with E-state index in [2.05, 4.69) is 59.5 Å². The van der Waals surface area contributed by atoms with Crippen LogP contribution in [-0.2, 0) is 0 Å². The Balaban J connectivity index is 0.00000191. The Morgan fingerprint density at radius 2 is 1.14 bits per heavy atom. The highest BCUT2D eigenvalue weighted by Crippen LogP contribution is 2.06. The SMILES string of the molecule is CC.CC(CS)N1CCN(CCS)CCN(CCS)CC1. The van der Waals surface area contributed by atoms with Crippen LogP contribution in [-0.4, -0.2) is 90.4 Å². The molecular weight excluding hydrogens is 318 g/mol. The summed E-state index contributed by atoms with van der Waals surface area (Å²) in [5, 5.41) is 0. The molecule has 0 saturated carbocycles. The Kier molecular flexibility index (Phi) is 15.2. The fourth-order valence-electron chi connectivity index (χ4n) is 2.44. The summed E-state index contributed by atoms with van der Waals surface area (Å²) in [5.74, 6) is 2.81. The third-order valence-electron chi connectivity index (χ3n) is 3.86. The Morgan fingerprint density at radius 3 is 1.48 bits per heavy atom. The van der Waals surface area contributed by atoms with Gasteiger partial charge in [-0.15, -0.1) is 0 Å². The van der Waals surface area contributed by atoms with Gasteiger partial charge in [-0.3, -0.25) is 14.7 Å². The monoisotopic (exact) mass is 353 g/mol. The fraction of sp³-hybridized carbons (Fsp3) is 1.00. The first-order valence-electron chi connectivity index (χ1n) is 8.22. The number of rotatable bonds is 6. The molecule has 1 aliphatic rings. The van der Waals surface area contributed by atoms with Crippen molar-refractivity contribution in [3.8, 4) is 0 Å². The van der Waals surface area contributed by atoms with E-state index in [1.807, 2.05) is 13.8 Å². The second kappa shape index (κ2) is 14.5. The van der Waals surface area contributed by atoms with E-state index < -0.39 is 0 Å². The van der Waals surface area contributed by atoms with Gasteiger partial charge in [-0.25, -0.2) is 0 Å². The largest absolute Gasteiger partial charge is 0.300 e. The summed E-state index contributed by atoms with van der Waals surface area (Å²) in [7, 11) is 0. The van der Waals surface area contributed by atoms with Gasteiger partial charge in [0.05, 0.1) is 0 Å². The van der Waals surface area contributed by atoms with Crippen LogP contribution in [0.2, 0.25) is 0 Å². The first-order valence-corrected chi connectivity index (χ1v) is 10.1. The van der Waals surface area contributed by atoms with Gasteiger partial charge in [0.1, 0.15) is 0 Å². The van der Waals surface area contributed by atoms with Crippen LogP contribution in [0.1, 0.15) is 20.8 Å². The van der Waals surface area contributed by atoms with Gasteiger partial charge in [-0.1, -0.05) is 13.8 Å². The van der Waals surface area contributed by atoms with Crippen molar-refractivity contribution < 1.29 is 0 Å². The molecule has 0 bridgehead atoms. The first-order chi connectivity index (χ1) is 10.2. The maximum atomic E-state index is 4.45. The number of hydrogen-bond donors (Lipinski definition) is 3. The van der Waals surface area contributed by atoms with Gasteiger partial charge in [0, 0.05) is 75.7 Å². The predicted molar refractivity (Wildman–Crippen MR) is 107 cm³/mol. The summed E-state index contributed by atoms with van der Waals surface area (Å²) in [6.07, 6.45) is 0. The van der Waals surface area contributed by atoms with E-state index in [9.17, 15) is 0 Å². The molecule has 128 valence electrons. The zero-order chi connectivity index (χ0) is 16.1. The second-order valence-corrected chi connectivity index (χ2v) is 6.46. The van der Waals surface area contributed by atoms with Crippen LogP contribution < -0.4 is 0 Å². The van der Waals surface area contributed by atoms with Crippen molar-refractivity contribution in [2.75, 3.05) is 69.6 Å². The van der Waals surface area contributed by atoms with Crippen LogP contribution in [0.15, 0.2) is 0 Å². The molecule has 0 radical (unpaired) electrons. The van der Waals surface area contributed by atoms with E-state index in [0.29, 0.717) is 6.04 Å². The molecule has 0 aliphatic carbocycles. The zero-order valence-corrected chi connectivity index (χ0v) is 16.7. The third-order valence-corrected chi connectivity index (χ3v) is 4.79. The highest BCUT2D eigenvalue weighted by molar-refractivity contribution is 7.80. The normalized spacial score (nSPS) is 20.9. The smallest absolute Gasteiger partial charge is 0.0156 e. The van der Waals surface area contributed by atoms with Crippen molar-refractivity contribution in [2.45, 2.75) is 26.8 Å². The van der Waals surface area contributed by atoms with Crippen LogP contribution in [0.5, 0.6) is 0 Å². The predicted octanol–water partition coefficient (Wildman–Crippen LogP) is 2.11. The Bertz CT molecular complexity index is 214. The third kappa shape index (κ3) is 9.61. The lowest BCUT2D eigenvalue weighted by atomic mass is 10.3. The van der Waals surface area contributed by atoms with Crippen molar-refractivity contribution >= 4 is 37.9 Å². The van der Waals surface area contributed by atoms with Crippen LogP contribution in [0.4, 0.5) is 0 Å². The van der Waals surface area contributed by atoms with Crippen molar-refractivity contribution in [2.24, 2.45) is 0 Å². The zero-order valence-electron chi connectivity index (χ0n) is 14.0. The molecule has 1 fully saturated rings. The molecule has 0 spiro atoms. The Hall–Kier alpha value is 0.930. The standard InChI is InChI=1S/C13H29N3S3.C2H6/c1-13(12-19)16-6-4-14(8-10-17)2-3-15(5-7-16)9-11-18;1-2/h13,17-19H,2-12H2,1H3;1-2H3. The number of hydrogen-bond acceptors (Lipinski definition) is 6. The number of thiol groups is 3. The molecular formula is C15H35N3S3. The molecule has 1 saturated heterocycles. The molecule has 0 aromatic heterocycles. The molecule has 3 nitrogen and oxygen atoms in total. The minimum absolute atomic E-state index is 0.553. The summed E-state index contributed by atoms with van der Waals surface area (Å²) >= 11 is 13.2. The van der Waals surface area contributed by atoms with Crippen molar-refractivity contribution in [3.63, 3.8) is 0 Å². The van der Waals surface area contributed by atoms with Gasteiger partial charge < -0.3 is 0 Å². The molecule has 0 N–H and O–H groups in total.